The van der Waals surface area contributed by atoms with Crippen molar-refractivity contribution in [1.29, 1.82) is 0 Å². The maximum Gasteiger partial charge on any atom is 0.233 e. The molecule has 1 aromatic heterocycles. The van der Waals surface area contributed by atoms with Gasteiger partial charge in [0.1, 0.15) is 12.4 Å². The van der Waals surface area contributed by atoms with Crippen molar-refractivity contribution in [3.05, 3.63) is 40.9 Å². The Kier molecular flexibility index (Phi) is 3.89. The van der Waals surface area contributed by atoms with Crippen LogP contribution in [0.4, 0.5) is 5.13 Å². The zero-order chi connectivity index (χ0) is 13.9. The Hall–Kier alpha value is -1.59. The summed E-state index contributed by atoms with van der Waals surface area (Å²) in [4.78, 5) is 16.4. The van der Waals surface area contributed by atoms with Crippen LogP contribution in [0.2, 0.25) is 0 Å². The SMILES string of the molecule is O=C(Nc1nc(CCl)cs1)C1COc2ccccc2C1. The van der Waals surface area contributed by atoms with Crippen LogP contribution in [-0.4, -0.2) is 17.5 Å². The Bertz CT molecular complexity index is 629. The van der Waals surface area contributed by atoms with Gasteiger partial charge in [-0.15, -0.1) is 22.9 Å². The lowest BCUT2D eigenvalue weighted by Crippen LogP contribution is -2.32. The standard InChI is InChI=1S/C14H13ClN2O2S/c15-6-11-8-20-14(16-11)17-13(18)10-5-9-3-1-2-4-12(9)19-7-10/h1-4,8,10H,5-7H2,(H,16,17,18). The number of amides is 1. The fourth-order valence-electron chi connectivity index (χ4n) is 2.13. The number of carbonyl (C=O) groups excluding carboxylic acids is 1. The molecule has 20 heavy (non-hydrogen) atoms. The van der Waals surface area contributed by atoms with Gasteiger partial charge in [-0.3, -0.25) is 4.79 Å². The summed E-state index contributed by atoms with van der Waals surface area (Å²) in [5.41, 5.74) is 1.84. The number of benzene rings is 1. The molecule has 0 spiro atoms. The number of thiazole rings is 1. The largest absolute Gasteiger partial charge is 0.492 e. The summed E-state index contributed by atoms with van der Waals surface area (Å²) in [6, 6.07) is 7.80. The Labute approximate surface area is 125 Å². The van der Waals surface area contributed by atoms with Gasteiger partial charge in [0.25, 0.3) is 0 Å². The molecule has 1 amide bonds. The van der Waals surface area contributed by atoms with Crippen molar-refractivity contribution >= 4 is 34.0 Å². The highest BCUT2D eigenvalue weighted by atomic mass is 35.5. The molecule has 1 N–H and O–H groups in total. The highest BCUT2D eigenvalue weighted by Gasteiger charge is 2.26. The van der Waals surface area contributed by atoms with Crippen molar-refractivity contribution in [1.82, 2.24) is 4.98 Å². The molecular weight excluding hydrogens is 296 g/mol. The summed E-state index contributed by atoms with van der Waals surface area (Å²) in [5, 5.41) is 5.26. The minimum atomic E-state index is -0.187. The summed E-state index contributed by atoms with van der Waals surface area (Å²) in [5.74, 6) is 0.977. The molecule has 1 atom stereocenters. The fourth-order valence-corrected chi connectivity index (χ4v) is 3.07. The van der Waals surface area contributed by atoms with E-state index in [9.17, 15) is 4.79 Å². The van der Waals surface area contributed by atoms with Gasteiger partial charge in [0.2, 0.25) is 5.91 Å². The Morgan fingerprint density at radius 2 is 2.35 bits per heavy atom. The lowest BCUT2D eigenvalue weighted by molar-refractivity contribution is -0.121. The van der Waals surface area contributed by atoms with Crippen LogP contribution in [0.25, 0.3) is 0 Å². The number of para-hydroxylation sites is 1. The molecule has 2 aromatic rings. The van der Waals surface area contributed by atoms with E-state index in [0.717, 1.165) is 17.0 Å². The third kappa shape index (κ3) is 2.78. The molecule has 0 bridgehead atoms. The lowest BCUT2D eigenvalue weighted by atomic mass is 9.96. The van der Waals surface area contributed by atoms with Gasteiger partial charge >= 0.3 is 0 Å². The van der Waals surface area contributed by atoms with E-state index in [1.165, 1.54) is 11.3 Å². The Morgan fingerprint density at radius 3 is 3.15 bits per heavy atom. The number of hydrogen-bond acceptors (Lipinski definition) is 4. The van der Waals surface area contributed by atoms with Gasteiger partial charge in [-0.1, -0.05) is 18.2 Å². The van der Waals surface area contributed by atoms with E-state index >= 15 is 0 Å². The summed E-state index contributed by atoms with van der Waals surface area (Å²) < 4.78 is 5.62. The first-order valence-corrected chi connectivity index (χ1v) is 7.69. The van der Waals surface area contributed by atoms with Crippen LogP contribution in [0.1, 0.15) is 11.3 Å². The second kappa shape index (κ2) is 5.81. The smallest absolute Gasteiger partial charge is 0.233 e. The molecule has 3 rings (SSSR count). The highest BCUT2D eigenvalue weighted by molar-refractivity contribution is 7.13. The second-order valence-corrected chi connectivity index (χ2v) is 5.71. The number of nitrogens with one attached hydrogen (secondary N) is 1. The average Bonchev–Trinajstić information content (AvgIpc) is 2.94. The molecule has 1 aromatic carbocycles. The minimum Gasteiger partial charge on any atom is -0.492 e. The molecule has 1 unspecified atom stereocenters. The van der Waals surface area contributed by atoms with Crippen molar-refractivity contribution in [2.75, 3.05) is 11.9 Å². The van der Waals surface area contributed by atoms with Crippen molar-refractivity contribution < 1.29 is 9.53 Å². The van der Waals surface area contributed by atoms with E-state index in [1.54, 1.807) is 0 Å². The minimum absolute atomic E-state index is 0.0602. The monoisotopic (exact) mass is 308 g/mol. The van der Waals surface area contributed by atoms with E-state index in [0.29, 0.717) is 24.0 Å². The highest BCUT2D eigenvalue weighted by Crippen LogP contribution is 2.27. The van der Waals surface area contributed by atoms with Crippen LogP contribution in [0.5, 0.6) is 5.75 Å². The van der Waals surface area contributed by atoms with Crippen LogP contribution in [0.15, 0.2) is 29.6 Å². The van der Waals surface area contributed by atoms with E-state index in [-0.39, 0.29) is 11.8 Å². The predicted octanol–water partition coefficient (Wildman–Crippen LogP) is 3.07. The summed E-state index contributed by atoms with van der Waals surface area (Å²) >= 11 is 7.08. The molecule has 0 aliphatic carbocycles. The molecule has 0 fully saturated rings. The summed E-state index contributed by atoms with van der Waals surface area (Å²) in [6.07, 6.45) is 0.690. The first kappa shape index (κ1) is 13.4. The third-order valence-corrected chi connectivity index (χ3v) is 4.25. The van der Waals surface area contributed by atoms with Crippen molar-refractivity contribution in [3.8, 4) is 5.75 Å². The van der Waals surface area contributed by atoms with Crippen LogP contribution >= 0.6 is 22.9 Å². The number of carbonyl (C=O) groups is 1. The molecule has 0 saturated carbocycles. The predicted molar refractivity (Wildman–Crippen MR) is 79.4 cm³/mol. The van der Waals surface area contributed by atoms with Crippen LogP contribution in [-0.2, 0) is 17.1 Å². The van der Waals surface area contributed by atoms with Crippen LogP contribution < -0.4 is 10.1 Å². The molecule has 4 nitrogen and oxygen atoms in total. The number of hydrogen-bond donors (Lipinski definition) is 1. The number of anilines is 1. The molecule has 1 aliphatic rings. The Balaban J connectivity index is 1.67. The number of halogens is 1. The van der Waals surface area contributed by atoms with Gasteiger partial charge in [0.15, 0.2) is 5.13 Å². The second-order valence-electron chi connectivity index (χ2n) is 4.59. The van der Waals surface area contributed by atoms with Gasteiger partial charge in [-0.2, -0.15) is 0 Å². The van der Waals surface area contributed by atoms with Gasteiger partial charge < -0.3 is 10.1 Å². The molecular formula is C14H13ClN2O2S. The van der Waals surface area contributed by atoms with Gasteiger partial charge in [-0.05, 0) is 18.1 Å². The summed E-state index contributed by atoms with van der Waals surface area (Å²) in [7, 11) is 0. The van der Waals surface area contributed by atoms with E-state index in [1.807, 2.05) is 29.6 Å². The number of fused-ring (bicyclic) bond motifs is 1. The maximum atomic E-state index is 12.2. The van der Waals surface area contributed by atoms with Gasteiger partial charge in [0.05, 0.1) is 17.5 Å². The quantitative estimate of drug-likeness (QED) is 0.887. The number of rotatable bonds is 3. The van der Waals surface area contributed by atoms with E-state index in [4.69, 9.17) is 16.3 Å². The number of alkyl halides is 1. The number of nitrogens with zero attached hydrogens (tertiary/aromatic N) is 1. The molecule has 6 heteroatoms. The summed E-state index contributed by atoms with van der Waals surface area (Å²) in [6.45, 7) is 0.399. The molecule has 1 aliphatic heterocycles. The fraction of sp³-hybridized carbons (Fsp3) is 0.286. The molecule has 0 radical (unpaired) electrons. The third-order valence-electron chi connectivity index (χ3n) is 3.17. The first-order chi connectivity index (χ1) is 9.76. The zero-order valence-electron chi connectivity index (χ0n) is 10.6. The van der Waals surface area contributed by atoms with Crippen LogP contribution in [0.3, 0.4) is 0 Å². The van der Waals surface area contributed by atoms with Gasteiger partial charge in [0, 0.05) is 5.38 Å². The van der Waals surface area contributed by atoms with Crippen molar-refractivity contribution in [2.24, 2.45) is 5.92 Å². The Morgan fingerprint density at radius 1 is 1.50 bits per heavy atom. The van der Waals surface area contributed by atoms with Crippen molar-refractivity contribution in [2.45, 2.75) is 12.3 Å². The molecule has 2 heterocycles. The van der Waals surface area contributed by atoms with Crippen molar-refractivity contribution in [3.63, 3.8) is 0 Å². The topological polar surface area (TPSA) is 51.2 Å². The first-order valence-electron chi connectivity index (χ1n) is 6.28. The van der Waals surface area contributed by atoms with E-state index in [2.05, 4.69) is 10.3 Å². The number of ether oxygens (including phenoxy) is 1. The van der Waals surface area contributed by atoms with Crippen LogP contribution in [0, 0.1) is 5.92 Å². The molecule has 104 valence electrons. The zero-order valence-corrected chi connectivity index (χ0v) is 12.2. The van der Waals surface area contributed by atoms with Gasteiger partial charge in [-0.25, -0.2) is 4.98 Å². The lowest BCUT2D eigenvalue weighted by Gasteiger charge is -2.24. The normalized spacial score (nSPS) is 17.1. The number of aromatic nitrogens is 1. The average molecular weight is 309 g/mol. The van der Waals surface area contributed by atoms with E-state index < -0.39 is 0 Å². The maximum absolute atomic E-state index is 12.2. The molecule has 0 saturated heterocycles.